The standard InChI is InChI=1S/C13H11P/c1-2-5-11-10(4-1)7-8-13-12(11)6-3-9-14-13/h1-8,14H,9H2. The van der Waals surface area contributed by atoms with Crippen LogP contribution in [0.15, 0.2) is 42.5 Å². The summed E-state index contributed by atoms with van der Waals surface area (Å²) in [6, 6.07) is 13.1. The molecule has 1 aliphatic heterocycles. The topological polar surface area (TPSA) is 0 Å². The minimum atomic E-state index is 0.949. The van der Waals surface area contributed by atoms with Crippen LogP contribution >= 0.6 is 8.58 Å². The van der Waals surface area contributed by atoms with E-state index in [1.165, 1.54) is 27.8 Å². The van der Waals surface area contributed by atoms with Gasteiger partial charge in [0.15, 0.2) is 0 Å². The SMILES string of the molecule is C1=Cc2c(ccc3ccccc23)PC1. The lowest BCUT2D eigenvalue weighted by atomic mass is 10.0. The molecule has 0 fully saturated rings. The van der Waals surface area contributed by atoms with E-state index in [0.29, 0.717) is 0 Å². The smallest absolute Gasteiger partial charge is 0.0105 e. The maximum absolute atomic E-state index is 2.28. The summed E-state index contributed by atoms with van der Waals surface area (Å²) in [5.41, 5.74) is 1.44. The van der Waals surface area contributed by atoms with Gasteiger partial charge in [-0.15, -0.1) is 0 Å². The summed E-state index contributed by atoms with van der Waals surface area (Å²) >= 11 is 0. The summed E-state index contributed by atoms with van der Waals surface area (Å²) < 4.78 is 0. The Morgan fingerprint density at radius 1 is 1.00 bits per heavy atom. The summed E-state index contributed by atoms with van der Waals surface area (Å²) in [5, 5.41) is 4.27. The molecule has 1 aliphatic rings. The first kappa shape index (κ1) is 8.20. The third-order valence-electron chi connectivity index (χ3n) is 2.67. The fourth-order valence-corrected chi connectivity index (χ4v) is 3.04. The summed E-state index contributed by atoms with van der Waals surface area (Å²) in [4.78, 5) is 0. The third-order valence-corrected chi connectivity index (χ3v) is 3.92. The second kappa shape index (κ2) is 3.22. The Kier molecular flexibility index (Phi) is 1.89. The lowest BCUT2D eigenvalue weighted by Crippen LogP contribution is -2.04. The molecule has 0 bridgehead atoms. The molecule has 0 aliphatic carbocycles. The Labute approximate surface area is 85.4 Å². The molecule has 0 saturated carbocycles. The van der Waals surface area contributed by atoms with Gasteiger partial charge >= 0.3 is 0 Å². The van der Waals surface area contributed by atoms with Crippen LogP contribution in [0.1, 0.15) is 5.56 Å². The average molecular weight is 198 g/mol. The molecule has 1 heterocycles. The summed E-state index contributed by atoms with van der Waals surface area (Å²) in [7, 11) is 0.949. The van der Waals surface area contributed by atoms with Gasteiger partial charge in [0, 0.05) is 0 Å². The number of rotatable bonds is 0. The number of hydrogen-bond acceptors (Lipinski definition) is 0. The van der Waals surface area contributed by atoms with Crippen LogP contribution in [0, 0.1) is 0 Å². The molecule has 0 nitrogen and oxygen atoms in total. The minimum absolute atomic E-state index is 0.949. The van der Waals surface area contributed by atoms with Gasteiger partial charge in [0.2, 0.25) is 0 Å². The molecule has 14 heavy (non-hydrogen) atoms. The molecule has 0 radical (unpaired) electrons. The van der Waals surface area contributed by atoms with Gasteiger partial charge in [-0.3, -0.25) is 0 Å². The van der Waals surface area contributed by atoms with Crippen molar-refractivity contribution in [3.05, 3.63) is 48.0 Å². The predicted octanol–water partition coefficient (Wildman–Crippen LogP) is 3.17. The number of benzene rings is 2. The molecular weight excluding hydrogens is 187 g/mol. The molecule has 0 aromatic heterocycles. The molecule has 0 N–H and O–H groups in total. The first-order valence-electron chi connectivity index (χ1n) is 4.87. The van der Waals surface area contributed by atoms with Gasteiger partial charge in [-0.1, -0.05) is 57.1 Å². The maximum Gasteiger partial charge on any atom is -0.0105 e. The maximum atomic E-state index is 2.28. The van der Waals surface area contributed by atoms with Gasteiger partial charge in [0.05, 0.1) is 0 Å². The molecule has 2 aromatic carbocycles. The molecule has 2 aromatic rings. The lowest BCUT2D eigenvalue weighted by molar-refractivity contribution is 1.70. The van der Waals surface area contributed by atoms with E-state index in [1.54, 1.807) is 0 Å². The zero-order valence-corrected chi connectivity index (χ0v) is 8.83. The molecule has 0 amide bonds. The van der Waals surface area contributed by atoms with Crippen LogP contribution in [0.2, 0.25) is 0 Å². The molecule has 0 saturated heterocycles. The highest BCUT2D eigenvalue weighted by Crippen LogP contribution is 2.26. The van der Waals surface area contributed by atoms with E-state index in [2.05, 4.69) is 48.6 Å². The van der Waals surface area contributed by atoms with Crippen molar-refractivity contribution in [1.29, 1.82) is 0 Å². The van der Waals surface area contributed by atoms with E-state index < -0.39 is 0 Å². The molecule has 68 valence electrons. The second-order valence-electron chi connectivity index (χ2n) is 3.53. The van der Waals surface area contributed by atoms with Gasteiger partial charge in [0.25, 0.3) is 0 Å². The molecule has 0 spiro atoms. The highest BCUT2D eigenvalue weighted by Gasteiger charge is 2.06. The predicted molar refractivity (Wildman–Crippen MR) is 65.8 cm³/mol. The van der Waals surface area contributed by atoms with Crippen molar-refractivity contribution in [2.24, 2.45) is 0 Å². The zero-order valence-electron chi connectivity index (χ0n) is 7.83. The van der Waals surface area contributed by atoms with Crippen LogP contribution < -0.4 is 5.30 Å². The summed E-state index contributed by atoms with van der Waals surface area (Å²) in [6.45, 7) is 0. The fraction of sp³-hybridized carbons (Fsp3) is 0.0769. The van der Waals surface area contributed by atoms with E-state index in [-0.39, 0.29) is 0 Å². The van der Waals surface area contributed by atoms with Crippen LogP contribution in [0.25, 0.3) is 16.8 Å². The van der Waals surface area contributed by atoms with Crippen LogP contribution in [0.4, 0.5) is 0 Å². The van der Waals surface area contributed by atoms with Gasteiger partial charge in [-0.25, -0.2) is 0 Å². The summed E-state index contributed by atoms with van der Waals surface area (Å²) in [6.07, 6.45) is 5.77. The number of fused-ring (bicyclic) bond motifs is 3. The molecule has 1 atom stereocenters. The van der Waals surface area contributed by atoms with Crippen LogP contribution in [0.5, 0.6) is 0 Å². The Hall–Kier alpha value is -1.13. The van der Waals surface area contributed by atoms with Crippen LogP contribution in [0.3, 0.4) is 0 Å². The quantitative estimate of drug-likeness (QED) is 0.570. The molecule has 1 unspecified atom stereocenters. The normalized spacial score (nSPS) is 16.0. The van der Waals surface area contributed by atoms with Crippen LogP contribution in [-0.2, 0) is 0 Å². The lowest BCUT2D eigenvalue weighted by Gasteiger charge is -2.12. The van der Waals surface area contributed by atoms with Crippen molar-refractivity contribution < 1.29 is 0 Å². The van der Waals surface area contributed by atoms with Crippen molar-refractivity contribution in [2.45, 2.75) is 0 Å². The first-order chi connectivity index (χ1) is 6.95. The Balaban J connectivity index is 2.42. The average Bonchev–Trinajstić information content (AvgIpc) is 2.29. The highest BCUT2D eigenvalue weighted by molar-refractivity contribution is 7.47. The second-order valence-corrected chi connectivity index (χ2v) is 4.83. The van der Waals surface area contributed by atoms with Gasteiger partial charge < -0.3 is 0 Å². The van der Waals surface area contributed by atoms with E-state index in [9.17, 15) is 0 Å². The third kappa shape index (κ3) is 1.19. The van der Waals surface area contributed by atoms with Gasteiger partial charge in [-0.05, 0) is 27.8 Å². The fourth-order valence-electron chi connectivity index (χ4n) is 1.97. The Morgan fingerprint density at radius 3 is 2.93 bits per heavy atom. The Bertz CT molecular complexity index is 512. The van der Waals surface area contributed by atoms with Crippen molar-refractivity contribution >= 4 is 30.7 Å². The molecule has 3 rings (SSSR count). The van der Waals surface area contributed by atoms with Crippen LogP contribution in [-0.4, -0.2) is 6.16 Å². The minimum Gasteiger partial charge on any atom is -0.0858 e. The Morgan fingerprint density at radius 2 is 1.93 bits per heavy atom. The van der Waals surface area contributed by atoms with E-state index in [0.717, 1.165) is 8.58 Å². The highest BCUT2D eigenvalue weighted by atomic mass is 31.1. The van der Waals surface area contributed by atoms with E-state index in [1.807, 2.05) is 0 Å². The van der Waals surface area contributed by atoms with Gasteiger partial charge in [0.1, 0.15) is 0 Å². The van der Waals surface area contributed by atoms with Crippen molar-refractivity contribution in [3.63, 3.8) is 0 Å². The number of hydrogen-bond donors (Lipinski definition) is 0. The van der Waals surface area contributed by atoms with Crippen molar-refractivity contribution in [2.75, 3.05) is 6.16 Å². The van der Waals surface area contributed by atoms with Gasteiger partial charge in [-0.2, -0.15) is 0 Å². The van der Waals surface area contributed by atoms with Crippen molar-refractivity contribution in [3.8, 4) is 0 Å². The zero-order chi connectivity index (χ0) is 9.38. The van der Waals surface area contributed by atoms with Crippen molar-refractivity contribution in [1.82, 2.24) is 0 Å². The first-order valence-corrected chi connectivity index (χ1v) is 6.08. The largest absolute Gasteiger partial charge is 0.0858 e. The van der Waals surface area contributed by atoms with E-state index >= 15 is 0 Å². The molecular formula is C13H11P. The van der Waals surface area contributed by atoms with E-state index in [4.69, 9.17) is 0 Å². The number of allylic oxidation sites excluding steroid dienone is 1. The molecule has 1 heteroatoms. The monoisotopic (exact) mass is 198 g/mol. The summed E-state index contributed by atoms with van der Waals surface area (Å²) in [5.74, 6) is 0.